The molecule has 0 bridgehead atoms. The van der Waals surface area contributed by atoms with Gasteiger partial charge in [-0.1, -0.05) is 6.92 Å². The van der Waals surface area contributed by atoms with Crippen LogP contribution in [0.5, 0.6) is 0 Å². The van der Waals surface area contributed by atoms with Gasteiger partial charge in [-0.2, -0.15) is 0 Å². The summed E-state index contributed by atoms with van der Waals surface area (Å²) < 4.78 is 0. The normalized spacial score (nSPS) is 17.1. The third-order valence-electron chi connectivity index (χ3n) is 4.47. The van der Waals surface area contributed by atoms with Crippen LogP contribution in [0.2, 0.25) is 0 Å². The van der Waals surface area contributed by atoms with Gasteiger partial charge >= 0.3 is 0 Å². The highest BCUT2D eigenvalue weighted by atomic mass is 16.2. The second kappa shape index (κ2) is 6.49. The maximum Gasteiger partial charge on any atom is 0.239 e. The zero-order valence-electron chi connectivity index (χ0n) is 13.6. The summed E-state index contributed by atoms with van der Waals surface area (Å²) >= 11 is 0. The second-order valence-corrected chi connectivity index (χ2v) is 6.49. The van der Waals surface area contributed by atoms with Crippen LogP contribution in [0.1, 0.15) is 19.8 Å². The number of nitrogens with zero attached hydrogens (tertiary/aromatic N) is 4. The van der Waals surface area contributed by atoms with Crippen molar-refractivity contribution in [3.63, 3.8) is 0 Å². The Morgan fingerprint density at radius 1 is 1.35 bits per heavy atom. The number of rotatable bonds is 5. The van der Waals surface area contributed by atoms with Gasteiger partial charge in [-0.05, 0) is 31.3 Å². The molecule has 0 unspecified atom stereocenters. The number of piperidine rings is 1. The standard InChI is InChI=1S/C15H23N7O/c1-15(3-5-16-6-4-15)8-17-11(23)7-22(2)14-12-13(19-9-18-12)20-10-21-14/h9-10,16H,3-8H2,1-2H3,(H,17,23)(H,18,19,20,21). The van der Waals surface area contributed by atoms with E-state index in [0.717, 1.165) is 31.4 Å². The lowest BCUT2D eigenvalue weighted by Gasteiger charge is -2.34. The molecule has 1 fully saturated rings. The molecule has 1 aliphatic heterocycles. The predicted octanol–water partition coefficient (Wildman–Crippen LogP) is 0.295. The van der Waals surface area contributed by atoms with Crippen molar-refractivity contribution in [3.05, 3.63) is 12.7 Å². The van der Waals surface area contributed by atoms with Gasteiger partial charge in [-0.25, -0.2) is 15.0 Å². The van der Waals surface area contributed by atoms with E-state index in [1.807, 2.05) is 11.9 Å². The molecule has 0 radical (unpaired) electrons. The van der Waals surface area contributed by atoms with Gasteiger partial charge in [0, 0.05) is 13.6 Å². The first-order valence-corrected chi connectivity index (χ1v) is 7.90. The molecule has 0 aromatic carbocycles. The number of carbonyl (C=O) groups excluding carboxylic acids is 1. The van der Waals surface area contributed by atoms with Gasteiger partial charge < -0.3 is 20.5 Å². The average molecular weight is 317 g/mol. The van der Waals surface area contributed by atoms with Crippen LogP contribution in [0, 0.1) is 5.41 Å². The van der Waals surface area contributed by atoms with Gasteiger partial charge in [0.2, 0.25) is 5.91 Å². The Balaban J connectivity index is 1.58. The molecule has 8 nitrogen and oxygen atoms in total. The number of amides is 1. The molecule has 0 spiro atoms. The number of H-pyrrole nitrogens is 1. The van der Waals surface area contributed by atoms with E-state index in [0.29, 0.717) is 18.0 Å². The number of carbonyl (C=O) groups is 1. The molecule has 0 atom stereocenters. The molecule has 2 aromatic heterocycles. The SMILES string of the molecule is CN(CC(=O)NCC1(C)CCNCC1)c1ncnc2nc[nH]c12. The smallest absolute Gasteiger partial charge is 0.239 e. The highest BCUT2D eigenvalue weighted by Gasteiger charge is 2.27. The second-order valence-electron chi connectivity index (χ2n) is 6.49. The lowest BCUT2D eigenvalue weighted by molar-refractivity contribution is -0.120. The third kappa shape index (κ3) is 3.58. The Morgan fingerprint density at radius 2 is 2.13 bits per heavy atom. The number of aromatic nitrogens is 4. The number of anilines is 1. The van der Waals surface area contributed by atoms with Crippen molar-refractivity contribution in [1.29, 1.82) is 0 Å². The third-order valence-corrected chi connectivity index (χ3v) is 4.47. The fourth-order valence-corrected chi connectivity index (χ4v) is 2.91. The minimum atomic E-state index is -0.00136. The Kier molecular flexibility index (Phi) is 4.42. The first-order valence-electron chi connectivity index (χ1n) is 7.90. The van der Waals surface area contributed by atoms with E-state index in [1.165, 1.54) is 6.33 Å². The summed E-state index contributed by atoms with van der Waals surface area (Å²) in [7, 11) is 1.84. The van der Waals surface area contributed by atoms with E-state index in [1.54, 1.807) is 6.33 Å². The molecular weight excluding hydrogens is 294 g/mol. The minimum absolute atomic E-state index is 0.00136. The summed E-state index contributed by atoms with van der Waals surface area (Å²) in [6.07, 6.45) is 5.21. The highest BCUT2D eigenvalue weighted by Crippen LogP contribution is 2.26. The predicted molar refractivity (Wildman–Crippen MR) is 88.2 cm³/mol. The van der Waals surface area contributed by atoms with Crippen molar-refractivity contribution >= 4 is 22.9 Å². The first kappa shape index (κ1) is 15.7. The summed E-state index contributed by atoms with van der Waals surface area (Å²) in [6.45, 7) is 5.23. The summed E-state index contributed by atoms with van der Waals surface area (Å²) in [6, 6.07) is 0. The maximum atomic E-state index is 12.2. The lowest BCUT2D eigenvalue weighted by atomic mass is 9.81. The van der Waals surface area contributed by atoms with Crippen molar-refractivity contribution < 1.29 is 4.79 Å². The lowest BCUT2D eigenvalue weighted by Crippen LogP contribution is -2.45. The number of hydrogen-bond donors (Lipinski definition) is 3. The molecule has 124 valence electrons. The molecule has 8 heteroatoms. The fourth-order valence-electron chi connectivity index (χ4n) is 2.91. The van der Waals surface area contributed by atoms with Crippen LogP contribution in [-0.2, 0) is 4.79 Å². The quantitative estimate of drug-likeness (QED) is 0.733. The van der Waals surface area contributed by atoms with Crippen molar-refractivity contribution in [3.8, 4) is 0 Å². The molecule has 1 amide bonds. The first-order chi connectivity index (χ1) is 11.1. The summed E-state index contributed by atoms with van der Waals surface area (Å²) in [5.41, 5.74) is 1.53. The molecule has 1 aliphatic rings. The van der Waals surface area contributed by atoms with Crippen LogP contribution < -0.4 is 15.5 Å². The van der Waals surface area contributed by atoms with Crippen LogP contribution >= 0.6 is 0 Å². The molecule has 23 heavy (non-hydrogen) atoms. The zero-order chi connectivity index (χ0) is 16.3. The molecular formula is C15H23N7O. The van der Waals surface area contributed by atoms with Gasteiger partial charge in [-0.15, -0.1) is 0 Å². The van der Waals surface area contributed by atoms with Crippen molar-refractivity contribution in [2.45, 2.75) is 19.8 Å². The van der Waals surface area contributed by atoms with Crippen LogP contribution in [0.25, 0.3) is 11.2 Å². The van der Waals surface area contributed by atoms with E-state index in [-0.39, 0.29) is 17.9 Å². The van der Waals surface area contributed by atoms with Crippen LogP contribution in [-0.4, -0.2) is 59.1 Å². The molecule has 1 saturated heterocycles. The fraction of sp³-hybridized carbons (Fsp3) is 0.600. The zero-order valence-corrected chi connectivity index (χ0v) is 13.6. The maximum absolute atomic E-state index is 12.2. The average Bonchev–Trinajstić information content (AvgIpc) is 3.02. The molecule has 3 rings (SSSR count). The van der Waals surface area contributed by atoms with Crippen LogP contribution in [0.3, 0.4) is 0 Å². The summed E-state index contributed by atoms with van der Waals surface area (Å²) in [5, 5.41) is 6.41. The van der Waals surface area contributed by atoms with E-state index < -0.39 is 0 Å². The molecule has 0 aliphatic carbocycles. The minimum Gasteiger partial charge on any atom is -0.354 e. The Morgan fingerprint density at radius 3 is 2.91 bits per heavy atom. The summed E-state index contributed by atoms with van der Waals surface area (Å²) in [4.78, 5) is 29.5. The van der Waals surface area contributed by atoms with Crippen LogP contribution in [0.4, 0.5) is 5.82 Å². The number of imidazole rings is 1. The molecule has 3 N–H and O–H groups in total. The number of hydrogen-bond acceptors (Lipinski definition) is 6. The largest absolute Gasteiger partial charge is 0.354 e. The van der Waals surface area contributed by atoms with Gasteiger partial charge in [0.1, 0.15) is 11.8 Å². The summed E-state index contributed by atoms with van der Waals surface area (Å²) in [5.74, 6) is 0.675. The van der Waals surface area contributed by atoms with Crippen LogP contribution in [0.15, 0.2) is 12.7 Å². The number of fused-ring (bicyclic) bond motifs is 1. The topological polar surface area (TPSA) is 98.8 Å². The molecule has 0 saturated carbocycles. The van der Waals surface area contributed by atoms with Crippen molar-refractivity contribution in [2.75, 3.05) is 38.1 Å². The van der Waals surface area contributed by atoms with Crippen molar-refractivity contribution in [2.24, 2.45) is 5.41 Å². The van der Waals surface area contributed by atoms with E-state index in [4.69, 9.17) is 0 Å². The Labute approximate surface area is 135 Å². The molecule has 3 heterocycles. The van der Waals surface area contributed by atoms with Crippen molar-refractivity contribution in [1.82, 2.24) is 30.6 Å². The van der Waals surface area contributed by atoms with Gasteiger partial charge in [0.25, 0.3) is 0 Å². The van der Waals surface area contributed by atoms with Gasteiger partial charge in [0.15, 0.2) is 11.5 Å². The Bertz CT molecular complexity index is 677. The number of likely N-dealkylation sites (N-methyl/N-ethyl adjacent to an activating group) is 1. The Hall–Kier alpha value is -2.22. The van der Waals surface area contributed by atoms with Gasteiger partial charge in [0.05, 0.1) is 12.9 Å². The number of aromatic amines is 1. The monoisotopic (exact) mass is 317 g/mol. The highest BCUT2D eigenvalue weighted by molar-refractivity contribution is 5.86. The molecule has 2 aromatic rings. The van der Waals surface area contributed by atoms with E-state index >= 15 is 0 Å². The van der Waals surface area contributed by atoms with Gasteiger partial charge in [-0.3, -0.25) is 4.79 Å². The van der Waals surface area contributed by atoms with E-state index in [9.17, 15) is 4.79 Å². The van der Waals surface area contributed by atoms with E-state index in [2.05, 4.69) is 37.5 Å². The number of nitrogens with one attached hydrogen (secondary N) is 3.